The molecule has 0 bridgehead atoms. The lowest BCUT2D eigenvalue weighted by molar-refractivity contribution is -0.116. The third kappa shape index (κ3) is 6.99. The van der Waals surface area contributed by atoms with Gasteiger partial charge in [0.05, 0.1) is 17.7 Å². The van der Waals surface area contributed by atoms with Gasteiger partial charge in [0.2, 0.25) is 5.91 Å². The second-order valence-corrected chi connectivity index (χ2v) is 9.51. The zero-order valence-electron chi connectivity index (χ0n) is 17.7. The van der Waals surface area contributed by atoms with Crippen LogP contribution in [-0.4, -0.2) is 28.0 Å². The van der Waals surface area contributed by atoms with Gasteiger partial charge in [-0.25, -0.2) is 8.42 Å². The number of sulfonamides is 1. The van der Waals surface area contributed by atoms with Crippen molar-refractivity contribution in [1.29, 1.82) is 0 Å². The van der Waals surface area contributed by atoms with Crippen LogP contribution in [0, 0.1) is 0 Å². The largest absolute Gasteiger partial charge is 0.495 e. The summed E-state index contributed by atoms with van der Waals surface area (Å²) in [5, 5.41) is 3.90. The molecule has 0 unspecified atom stereocenters. The van der Waals surface area contributed by atoms with E-state index in [1.807, 2.05) is 6.07 Å². The fourth-order valence-corrected chi connectivity index (χ4v) is 4.54. The number of hydrogen-bond donors (Lipinski definition) is 2. The van der Waals surface area contributed by atoms with E-state index in [9.17, 15) is 13.2 Å². The minimum Gasteiger partial charge on any atom is -0.495 e. The molecule has 0 heterocycles. The van der Waals surface area contributed by atoms with Gasteiger partial charge in [0.1, 0.15) is 5.75 Å². The predicted molar refractivity (Wildman–Crippen MR) is 132 cm³/mol. The number of halogens is 2. The molecule has 0 aliphatic carbocycles. The van der Waals surface area contributed by atoms with Crippen molar-refractivity contribution in [3.05, 3.63) is 94.0 Å². The van der Waals surface area contributed by atoms with Crippen molar-refractivity contribution in [2.75, 3.05) is 18.4 Å². The van der Waals surface area contributed by atoms with Gasteiger partial charge < -0.3 is 10.1 Å². The second kappa shape index (κ2) is 11.2. The van der Waals surface area contributed by atoms with E-state index >= 15 is 0 Å². The summed E-state index contributed by atoms with van der Waals surface area (Å²) in [6.07, 6.45) is 3.57. The molecule has 0 radical (unpaired) electrons. The Bertz CT molecular complexity index is 1260. The molecule has 3 aromatic carbocycles. The van der Waals surface area contributed by atoms with Crippen LogP contribution in [0.25, 0.3) is 6.08 Å². The van der Waals surface area contributed by atoms with Crippen LogP contribution >= 0.6 is 23.2 Å². The number of para-hydroxylation sites is 2. The fourth-order valence-electron chi connectivity index (χ4n) is 2.97. The van der Waals surface area contributed by atoms with E-state index in [2.05, 4.69) is 10.0 Å². The highest BCUT2D eigenvalue weighted by molar-refractivity contribution is 7.92. The summed E-state index contributed by atoms with van der Waals surface area (Å²) < 4.78 is 33.0. The second-order valence-electron chi connectivity index (χ2n) is 6.98. The van der Waals surface area contributed by atoms with Gasteiger partial charge in [0, 0.05) is 22.7 Å². The molecule has 0 aliphatic rings. The molecule has 172 valence electrons. The van der Waals surface area contributed by atoms with E-state index in [-0.39, 0.29) is 10.8 Å². The first-order valence-electron chi connectivity index (χ1n) is 9.94. The monoisotopic (exact) mass is 504 g/mol. The van der Waals surface area contributed by atoms with Crippen LogP contribution in [0.5, 0.6) is 5.75 Å². The smallest absolute Gasteiger partial charge is 0.262 e. The van der Waals surface area contributed by atoms with E-state index in [1.54, 1.807) is 54.6 Å². The highest BCUT2D eigenvalue weighted by Crippen LogP contribution is 2.26. The first-order chi connectivity index (χ1) is 15.8. The van der Waals surface area contributed by atoms with E-state index < -0.39 is 10.0 Å². The Morgan fingerprint density at radius 1 is 1.03 bits per heavy atom. The average molecular weight is 505 g/mol. The van der Waals surface area contributed by atoms with Crippen molar-refractivity contribution in [3.8, 4) is 5.75 Å². The van der Waals surface area contributed by atoms with Gasteiger partial charge in [0.25, 0.3) is 10.0 Å². The maximum atomic E-state index is 12.7. The molecule has 6 nitrogen and oxygen atoms in total. The number of methoxy groups -OCH3 is 1. The number of nitrogens with one attached hydrogen (secondary N) is 2. The summed E-state index contributed by atoms with van der Waals surface area (Å²) >= 11 is 12.0. The van der Waals surface area contributed by atoms with Crippen molar-refractivity contribution >= 4 is 50.9 Å². The first kappa shape index (κ1) is 24.6. The molecule has 0 spiro atoms. The molecule has 1 amide bonds. The van der Waals surface area contributed by atoms with Crippen molar-refractivity contribution < 1.29 is 17.9 Å². The Kier molecular flexibility index (Phi) is 8.38. The molecule has 0 aromatic heterocycles. The van der Waals surface area contributed by atoms with Crippen molar-refractivity contribution in [1.82, 2.24) is 5.32 Å². The van der Waals surface area contributed by atoms with Crippen molar-refractivity contribution in [2.24, 2.45) is 0 Å². The minimum absolute atomic E-state index is 0.0925. The summed E-state index contributed by atoms with van der Waals surface area (Å²) in [6.45, 7) is 0.413. The number of anilines is 1. The van der Waals surface area contributed by atoms with Crippen molar-refractivity contribution in [2.45, 2.75) is 11.3 Å². The quantitative estimate of drug-likeness (QED) is 0.393. The van der Waals surface area contributed by atoms with Crippen LogP contribution < -0.4 is 14.8 Å². The lowest BCUT2D eigenvalue weighted by Gasteiger charge is -2.11. The number of benzene rings is 3. The number of amides is 1. The number of carbonyl (C=O) groups is 1. The molecule has 9 heteroatoms. The lowest BCUT2D eigenvalue weighted by Crippen LogP contribution is -2.23. The van der Waals surface area contributed by atoms with Crippen LogP contribution in [0.3, 0.4) is 0 Å². The molecule has 2 N–H and O–H groups in total. The Hall–Kier alpha value is -3.00. The maximum absolute atomic E-state index is 12.7. The average Bonchev–Trinajstić information content (AvgIpc) is 2.79. The van der Waals surface area contributed by atoms with Crippen molar-refractivity contribution in [3.63, 3.8) is 0 Å². The van der Waals surface area contributed by atoms with E-state index in [4.69, 9.17) is 27.9 Å². The van der Waals surface area contributed by atoms with E-state index in [0.29, 0.717) is 40.0 Å². The molecule has 0 atom stereocenters. The number of hydrogen-bond acceptors (Lipinski definition) is 4. The van der Waals surface area contributed by atoms with E-state index in [1.165, 1.54) is 25.3 Å². The Balaban J connectivity index is 1.56. The Morgan fingerprint density at radius 2 is 1.76 bits per heavy atom. The minimum atomic E-state index is -3.79. The standard InChI is InChI=1S/C24H22Cl2N2O4S/c1-32-23-5-3-2-4-22(23)28-33(30,31)20-11-6-17(7-12-20)8-13-24(29)27-15-14-18-9-10-19(25)16-21(18)26/h2-13,16,28H,14-15H2,1H3,(H,27,29)/b13-8+. The Morgan fingerprint density at radius 3 is 2.45 bits per heavy atom. The highest BCUT2D eigenvalue weighted by atomic mass is 35.5. The SMILES string of the molecule is COc1ccccc1NS(=O)(=O)c1ccc(/C=C/C(=O)NCCc2ccc(Cl)cc2Cl)cc1. The maximum Gasteiger partial charge on any atom is 0.262 e. The molecule has 3 rings (SSSR count). The van der Waals surface area contributed by atoms with Gasteiger partial charge >= 0.3 is 0 Å². The molecular formula is C24H22Cl2N2O4S. The fraction of sp³-hybridized carbons (Fsp3) is 0.125. The van der Waals surface area contributed by atoms with Gasteiger partial charge in [-0.2, -0.15) is 0 Å². The third-order valence-electron chi connectivity index (χ3n) is 4.68. The zero-order chi connectivity index (χ0) is 23.8. The van der Waals surface area contributed by atoms with E-state index in [0.717, 1.165) is 5.56 Å². The number of carbonyl (C=O) groups excluding carboxylic acids is 1. The lowest BCUT2D eigenvalue weighted by atomic mass is 10.1. The van der Waals surface area contributed by atoms with Crippen LogP contribution in [0.4, 0.5) is 5.69 Å². The van der Waals surface area contributed by atoms with Gasteiger partial charge in [-0.05, 0) is 60.0 Å². The summed E-state index contributed by atoms with van der Waals surface area (Å²) in [5.74, 6) is 0.152. The topological polar surface area (TPSA) is 84.5 Å². The summed E-state index contributed by atoms with van der Waals surface area (Å²) in [5.41, 5.74) is 1.92. The number of rotatable bonds is 9. The molecule has 0 fully saturated rings. The molecule has 33 heavy (non-hydrogen) atoms. The normalized spacial score (nSPS) is 11.4. The molecule has 0 aliphatic heterocycles. The molecule has 0 saturated carbocycles. The summed E-state index contributed by atoms with van der Waals surface area (Å²) in [4.78, 5) is 12.2. The van der Waals surface area contributed by atoms with Crippen LogP contribution in [0.15, 0.2) is 77.7 Å². The van der Waals surface area contributed by atoms with Crippen LogP contribution in [0.2, 0.25) is 10.0 Å². The Labute approximate surface area is 203 Å². The summed E-state index contributed by atoms with van der Waals surface area (Å²) in [6, 6.07) is 18.2. The van der Waals surface area contributed by atoms with Gasteiger partial charge in [-0.3, -0.25) is 9.52 Å². The zero-order valence-corrected chi connectivity index (χ0v) is 20.0. The number of ether oxygens (including phenoxy) is 1. The highest BCUT2D eigenvalue weighted by Gasteiger charge is 2.16. The van der Waals surface area contributed by atoms with Gasteiger partial charge in [-0.15, -0.1) is 0 Å². The third-order valence-corrected chi connectivity index (χ3v) is 6.65. The molecule has 3 aromatic rings. The molecule has 0 saturated heterocycles. The molecular weight excluding hydrogens is 483 g/mol. The van der Waals surface area contributed by atoms with Crippen LogP contribution in [-0.2, 0) is 21.2 Å². The predicted octanol–water partition coefficient (Wildman–Crippen LogP) is 5.17. The summed E-state index contributed by atoms with van der Waals surface area (Å²) in [7, 11) is -2.32. The van der Waals surface area contributed by atoms with Gasteiger partial charge in [-0.1, -0.05) is 53.5 Å². The van der Waals surface area contributed by atoms with Crippen LogP contribution in [0.1, 0.15) is 11.1 Å². The van der Waals surface area contributed by atoms with Gasteiger partial charge in [0.15, 0.2) is 0 Å². The first-order valence-corrected chi connectivity index (χ1v) is 12.2.